The average Bonchev–Trinajstić information content (AvgIpc) is 2.39. The first-order chi connectivity index (χ1) is 9.94. The highest BCUT2D eigenvalue weighted by molar-refractivity contribution is 5.76. The lowest BCUT2D eigenvalue weighted by Crippen LogP contribution is -2.13. The molecule has 0 spiro atoms. The molecule has 0 aliphatic carbocycles. The summed E-state index contributed by atoms with van der Waals surface area (Å²) in [5, 5.41) is 3.48. The van der Waals surface area contributed by atoms with Crippen molar-refractivity contribution in [1.82, 2.24) is 0 Å². The van der Waals surface area contributed by atoms with Gasteiger partial charge in [0, 0.05) is 11.7 Å². The van der Waals surface area contributed by atoms with E-state index in [1.165, 1.54) is 16.7 Å². The second-order valence-electron chi connectivity index (χ2n) is 5.63. The third-order valence-corrected chi connectivity index (χ3v) is 3.46. The van der Waals surface area contributed by atoms with Crippen molar-refractivity contribution in [2.24, 2.45) is 5.73 Å². The summed E-state index contributed by atoms with van der Waals surface area (Å²) in [4.78, 5) is 10.9. The Hall–Kier alpha value is -2.29. The normalized spacial score (nSPS) is 12.0. The number of amides is 1. The number of primary amides is 1. The Morgan fingerprint density at radius 1 is 1.10 bits per heavy atom. The Bertz CT molecular complexity index is 612. The molecule has 0 fully saturated rings. The molecule has 2 rings (SSSR count). The predicted molar refractivity (Wildman–Crippen MR) is 87.3 cm³/mol. The number of rotatable bonds is 5. The standard InChI is InChI=1S/C18H22N2O/c1-12-8-13(2)10-16(9-12)14(3)20-17-6-4-15(5-7-17)11-18(19)21/h4-10,14,20H,11H2,1-3H3,(H2,19,21). The molecular weight excluding hydrogens is 260 g/mol. The minimum Gasteiger partial charge on any atom is -0.379 e. The second kappa shape index (κ2) is 6.44. The summed E-state index contributed by atoms with van der Waals surface area (Å²) < 4.78 is 0. The summed E-state index contributed by atoms with van der Waals surface area (Å²) in [6.07, 6.45) is 0.285. The van der Waals surface area contributed by atoms with Crippen molar-refractivity contribution < 1.29 is 4.79 Å². The molecule has 3 nitrogen and oxygen atoms in total. The SMILES string of the molecule is Cc1cc(C)cc(C(C)Nc2ccc(CC(N)=O)cc2)c1. The van der Waals surface area contributed by atoms with E-state index < -0.39 is 0 Å². The maximum atomic E-state index is 10.9. The van der Waals surface area contributed by atoms with E-state index >= 15 is 0 Å². The molecule has 0 saturated carbocycles. The third-order valence-electron chi connectivity index (χ3n) is 3.46. The van der Waals surface area contributed by atoms with Crippen molar-refractivity contribution in [2.75, 3.05) is 5.32 Å². The molecule has 0 aliphatic heterocycles. The van der Waals surface area contributed by atoms with Crippen molar-refractivity contribution >= 4 is 11.6 Å². The molecule has 0 heterocycles. The quantitative estimate of drug-likeness (QED) is 0.881. The van der Waals surface area contributed by atoms with Crippen LogP contribution in [-0.4, -0.2) is 5.91 Å². The van der Waals surface area contributed by atoms with Crippen LogP contribution in [0, 0.1) is 13.8 Å². The molecular formula is C18H22N2O. The molecule has 2 aromatic carbocycles. The maximum absolute atomic E-state index is 10.9. The average molecular weight is 282 g/mol. The van der Waals surface area contributed by atoms with Crippen LogP contribution in [0.15, 0.2) is 42.5 Å². The molecule has 1 amide bonds. The molecule has 0 radical (unpaired) electrons. The van der Waals surface area contributed by atoms with Crippen LogP contribution in [-0.2, 0) is 11.2 Å². The number of nitrogens with one attached hydrogen (secondary N) is 1. The first-order valence-electron chi connectivity index (χ1n) is 7.16. The number of anilines is 1. The highest BCUT2D eigenvalue weighted by Crippen LogP contribution is 2.21. The van der Waals surface area contributed by atoms with Crippen LogP contribution in [0.4, 0.5) is 5.69 Å². The lowest BCUT2D eigenvalue weighted by molar-refractivity contribution is -0.117. The summed E-state index contributed by atoms with van der Waals surface area (Å²) in [6, 6.07) is 14.6. The molecule has 0 aliphatic rings. The molecule has 1 unspecified atom stereocenters. The number of carbonyl (C=O) groups is 1. The van der Waals surface area contributed by atoms with Gasteiger partial charge in [0.15, 0.2) is 0 Å². The van der Waals surface area contributed by atoms with Crippen molar-refractivity contribution in [3.8, 4) is 0 Å². The zero-order valence-corrected chi connectivity index (χ0v) is 12.8. The predicted octanol–water partition coefficient (Wildman–Crippen LogP) is 3.50. The van der Waals surface area contributed by atoms with Crippen LogP contribution >= 0.6 is 0 Å². The summed E-state index contributed by atoms with van der Waals surface area (Å²) in [6.45, 7) is 6.37. The largest absolute Gasteiger partial charge is 0.379 e. The first-order valence-corrected chi connectivity index (χ1v) is 7.16. The Kier molecular flexibility index (Phi) is 4.63. The fraction of sp³-hybridized carbons (Fsp3) is 0.278. The van der Waals surface area contributed by atoms with Crippen LogP contribution in [0.25, 0.3) is 0 Å². The van der Waals surface area contributed by atoms with Crippen molar-refractivity contribution in [3.05, 3.63) is 64.7 Å². The van der Waals surface area contributed by atoms with Gasteiger partial charge in [0.1, 0.15) is 0 Å². The molecule has 3 N–H and O–H groups in total. The van der Waals surface area contributed by atoms with Crippen LogP contribution in [0.5, 0.6) is 0 Å². The fourth-order valence-electron chi connectivity index (χ4n) is 2.51. The van der Waals surface area contributed by atoms with Crippen molar-refractivity contribution in [2.45, 2.75) is 33.2 Å². The molecule has 21 heavy (non-hydrogen) atoms. The van der Waals surface area contributed by atoms with Gasteiger partial charge >= 0.3 is 0 Å². The van der Waals surface area contributed by atoms with E-state index in [4.69, 9.17) is 5.73 Å². The minimum atomic E-state index is -0.306. The van der Waals surface area contributed by atoms with Gasteiger partial charge in [-0.1, -0.05) is 41.5 Å². The summed E-state index contributed by atoms with van der Waals surface area (Å²) >= 11 is 0. The first kappa shape index (κ1) is 15.1. The summed E-state index contributed by atoms with van der Waals surface area (Å²) in [5.41, 5.74) is 11.0. The third kappa shape index (κ3) is 4.35. The van der Waals surface area contributed by atoms with Gasteiger partial charge in [0.2, 0.25) is 5.91 Å². The number of benzene rings is 2. The van der Waals surface area contributed by atoms with Gasteiger partial charge in [-0.2, -0.15) is 0 Å². The number of carbonyl (C=O) groups excluding carboxylic acids is 1. The number of hydrogen-bond donors (Lipinski definition) is 2. The van der Waals surface area contributed by atoms with Gasteiger partial charge in [-0.15, -0.1) is 0 Å². The zero-order chi connectivity index (χ0) is 15.4. The number of hydrogen-bond acceptors (Lipinski definition) is 2. The van der Waals surface area contributed by atoms with E-state index in [2.05, 4.69) is 44.3 Å². The van der Waals surface area contributed by atoms with Gasteiger partial charge < -0.3 is 11.1 Å². The van der Waals surface area contributed by atoms with Gasteiger partial charge in [-0.05, 0) is 44.0 Å². The maximum Gasteiger partial charge on any atom is 0.221 e. The minimum absolute atomic E-state index is 0.227. The molecule has 1 atom stereocenters. The molecule has 110 valence electrons. The summed E-state index contributed by atoms with van der Waals surface area (Å²) in [5.74, 6) is -0.306. The lowest BCUT2D eigenvalue weighted by atomic mass is 10.0. The van der Waals surface area contributed by atoms with Gasteiger partial charge in [-0.3, -0.25) is 4.79 Å². The highest BCUT2D eigenvalue weighted by Gasteiger charge is 2.07. The van der Waals surface area contributed by atoms with Crippen LogP contribution in [0.1, 0.15) is 35.2 Å². The van der Waals surface area contributed by atoms with Crippen molar-refractivity contribution in [3.63, 3.8) is 0 Å². The fourth-order valence-corrected chi connectivity index (χ4v) is 2.51. The van der Waals surface area contributed by atoms with E-state index in [-0.39, 0.29) is 18.4 Å². The van der Waals surface area contributed by atoms with Crippen molar-refractivity contribution in [1.29, 1.82) is 0 Å². The summed E-state index contributed by atoms with van der Waals surface area (Å²) in [7, 11) is 0. The van der Waals surface area contributed by atoms with E-state index in [0.717, 1.165) is 11.3 Å². The van der Waals surface area contributed by atoms with Crippen LogP contribution < -0.4 is 11.1 Å². The monoisotopic (exact) mass is 282 g/mol. The number of aryl methyl sites for hydroxylation is 2. The lowest BCUT2D eigenvalue weighted by Gasteiger charge is -2.17. The molecule has 3 heteroatoms. The molecule has 0 aromatic heterocycles. The van der Waals surface area contributed by atoms with E-state index in [1.54, 1.807) is 0 Å². The molecule has 0 bridgehead atoms. The highest BCUT2D eigenvalue weighted by atomic mass is 16.1. The van der Waals surface area contributed by atoms with E-state index in [1.807, 2.05) is 24.3 Å². The van der Waals surface area contributed by atoms with Crippen LogP contribution in [0.3, 0.4) is 0 Å². The molecule has 0 saturated heterocycles. The second-order valence-corrected chi connectivity index (χ2v) is 5.63. The van der Waals surface area contributed by atoms with E-state index in [0.29, 0.717) is 0 Å². The van der Waals surface area contributed by atoms with Gasteiger partial charge in [0.25, 0.3) is 0 Å². The Labute approximate surface area is 126 Å². The topological polar surface area (TPSA) is 55.1 Å². The smallest absolute Gasteiger partial charge is 0.221 e. The van der Waals surface area contributed by atoms with Gasteiger partial charge in [0.05, 0.1) is 6.42 Å². The Balaban J connectivity index is 2.08. The zero-order valence-electron chi connectivity index (χ0n) is 12.8. The Morgan fingerprint density at radius 3 is 2.19 bits per heavy atom. The number of nitrogens with two attached hydrogens (primary N) is 1. The van der Waals surface area contributed by atoms with Gasteiger partial charge in [-0.25, -0.2) is 0 Å². The van der Waals surface area contributed by atoms with Crippen LogP contribution in [0.2, 0.25) is 0 Å². The molecule has 2 aromatic rings. The Morgan fingerprint density at radius 2 is 1.67 bits per heavy atom. The van der Waals surface area contributed by atoms with E-state index in [9.17, 15) is 4.79 Å².